The van der Waals surface area contributed by atoms with Crippen LogP contribution in [-0.2, 0) is 20.0 Å². The molecular weight excluding hydrogens is 398 g/mol. The fourth-order valence-electron chi connectivity index (χ4n) is 3.76. The van der Waals surface area contributed by atoms with Crippen molar-refractivity contribution in [2.24, 2.45) is 13.0 Å². The molecule has 0 spiro atoms. The van der Waals surface area contributed by atoms with Gasteiger partial charge in [0.1, 0.15) is 11.3 Å². The lowest BCUT2D eigenvalue weighted by Crippen LogP contribution is -2.38. The summed E-state index contributed by atoms with van der Waals surface area (Å²) in [7, 11) is 4.65. The predicted octanol–water partition coefficient (Wildman–Crippen LogP) is 2.24. The number of rotatable bonds is 6. The molecule has 0 unspecified atom stereocenters. The molecule has 0 aliphatic carbocycles. The quantitative estimate of drug-likeness (QED) is 0.510. The topological polar surface area (TPSA) is 104 Å². The first-order chi connectivity index (χ1) is 14.8. The third-order valence-corrected chi connectivity index (χ3v) is 5.27. The van der Waals surface area contributed by atoms with Gasteiger partial charge in [-0.25, -0.2) is 9.78 Å². The molecule has 0 saturated heterocycles. The van der Waals surface area contributed by atoms with E-state index in [2.05, 4.69) is 15.0 Å². The standard InChI is InChI=1S/C22H25N5O4/c1-12(2)11-27-20-19(21(28)26(3)22(27)29)24-18(25-20)8-13-6-7-23-15-10-17(31-5)16(30-4)9-14(13)15/h6-7,9-10,12H,8,11H2,1-5H3,(H,24,25). The van der Waals surface area contributed by atoms with Crippen molar-refractivity contribution >= 4 is 22.1 Å². The highest BCUT2D eigenvalue weighted by molar-refractivity contribution is 5.86. The number of aromatic amines is 1. The van der Waals surface area contributed by atoms with E-state index in [0.29, 0.717) is 41.5 Å². The molecule has 4 aromatic rings. The van der Waals surface area contributed by atoms with E-state index in [1.165, 1.54) is 7.05 Å². The summed E-state index contributed by atoms with van der Waals surface area (Å²) in [6.07, 6.45) is 2.15. The van der Waals surface area contributed by atoms with Gasteiger partial charge in [0, 0.05) is 37.7 Å². The minimum absolute atomic E-state index is 0.227. The second-order valence-corrected chi connectivity index (χ2v) is 7.90. The van der Waals surface area contributed by atoms with Crippen molar-refractivity contribution in [2.45, 2.75) is 26.8 Å². The van der Waals surface area contributed by atoms with Crippen molar-refractivity contribution in [3.63, 3.8) is 0 Å². The zero-order valence-electron chi connectivity index (χ0n) is 18.2. The number of nitrogens with zero attached hydrogens (tertiary/aromatic N) is 4. The van der Waals surface area contributed by atoms with Gasteiger partial charge >= 0.3 is 5.69 Å². The Hall–Kier alpha value is -3.62. The molecule has 0 bridgehead atoms. The monoisotopic (exact) mass is 423 g/mol. The third kappa shape index (κ3) is 3.56. The van der Waals surface area contributed by atoms with Crippen LogP contribution in [0.4, 0.5) is 0 Å². The molecule has 31 heavy (non-hydrogen) atoms. The Morgan fingerprint density at radius 2 is 1.84 bits per heavy atom. The molecule has 162 valence electrons. The molecule has 0 saturated carbocycles. The fourth-order valence-corrected chi connectivity index (χ4v) is 3.76. The number of nitrogens with one attached hydrogen (secondary N) is 1. The summed E-state index contributed by atoms with van der Waals surface area (Å²) in [5.41, 5.74) is 1.68. The van der Waals surface area contributed by atoms with Crippen LogP contribution in [0.2, 0.25) is 0 Å². The summed E-state index contributed by atoms with van der Waals surface area (Å²) in [5.74, 6) is 2.03. The molecule has 3 aromatic heterocycles. The number of ether oxygens (including phenoxy) is 2. The molecule has 4 rings (SSSR count). The van der Waals surface area contributed by atoms with E-state index < -0.39 is 0 Å². The van der Waals surface area contributed by atoms with Crippen LogP contribution < -0.4 is 20.7 Å². The van der Waals surface area contributed by atoms with Gasteiger partial charge in [-0.15, -0.1) is 0 Å². The molecule has 0 atom stereocenters. The Labute approximate surface area is 178 Å². The van der Waals surface area contributed by atoms with Gasteiger partial charge in [-0.3, -0.25) is 18.9 Å². The van der Waals surface area contributed by atoms with Crippen molar-refractivity contribution in [3.05, 3.63) is 56.6 Å². The minimum atomic E-state index is -0.384. The van der Waals surface area contributed by atoms with Gasteiger partial charge in [0.2, 0.25) is 0 Å². The molecule has 0 radical (unpaired) electrons. The Morgan fingerprint density at radius 3 is 2.52 bits per heavy atom. The maximum absolute atomic E-state index is 12.7. The Balaban J connectivity index is 1.86. The van der Waals surface area contributed by atoms with Crippen molar-refractivity contribution in [3.8, 4) is 11.5 Å². The van der Waals surface area contributed by atoms with E-state index in [4.69, 9.17) is 9.47 Å². The number of fused-ring (bicyclic) bond motifs is 2. The number of pyridine rings is 1. The van der Waals surface area contributed by atoms with E-state index >= 15 is 0 Å². The molecular formula is C22H25N5O4. The number of H-pyrrole nitrogens is 1. The number of methoxy groups -OCH3 is 2. The SMILES string of the molecule is COc1cc2nccc(Cc3nc4c([nH]3)c(=O)n(C)c(=O)n4CC(C)C)c2cc1OC. The van der Waals surface area contributed by atoms with Gasteiger partial charge in [-0.2, -0.15) is 0 Å². The summed E-state index contributed by atoms with van der Waals surface area (Å²) in [6, 6.07) is 5.61. The highest BCUT2D eigenvalue weighted by Crippen LogP contribution is 2.33. The van der Waals surface area contributed by atoms with E-state index in [-0.39, 0.29) is 17.2 Å². The van der Waals surface area contributed by atoms with Crippen LogP contribution in [0, 0.1) is 5.92 Å². The molecule has 1 N–H and O–H groups in total. The van der Waals surface area contributed by atoms with Crippen molar-refractivity contribution in [1.29, 1.82) is 0 Å². The summed E-state index contributed by atoms with van der Waals surface area (Å²) in [6.45, 7) is 4.51. The van der Waals surface area contributed by atoms with Crippen LogP contribution in [0.3, 0.4) is 0 Å². The second-order valence-electron chi connectivity index (χ2n) is 7.90. The number of imidazole rings is 1. The molecule has 0 amide bonds. The average molecular weight is 423 g/mol. The Bertz CT molecular complexity index is 1400. The Morgan fingerprint density at radius 1 is 1.13 bits per heavy atom. The lowest BCUT2D eigenvalue weighted by Gasteiger charge is -2.11. The normalized spacial score (nSPS) is 11.5. The van der Waals surface area contributed by atoms with Crippen molar-refractivity contribution in [2.75, 3.05) is 14.2 Å². The molecule has 1 aromatic carbocycles. The Kier molecular flexibility index (Phi) is 5.26. The molecule has 0 aliphatic rings. The first kappa shape index (κ1) is 20.6. The van der Waals surface area contributed by atoms with Crippen LogP contribution in [0.25, 0.3) is 22.1 Å². The molecule has 9 heteroatoms. The fraction of sp³-hybridized carbons (Fsp3) is 0.364. The minimum Gasteiger partial charge on any atom is -0.493 e. The number of aromatic nitrogens is 5. The van der Waals surface area contributed by atoms with E-state index in [9.17, 15) is 9.59 Å². The average Bonchev–Trinajstić information content (AvgIpc) is 3.18. The zero-order valence-corrected chi connectivity index (χ0v) is 18.2. The summed E-state index contributed by atoms with van der Waals surface area (Å²) in [5, 5.41) is 0.896. The smallest absolute Gasteiger partial charge is 0.332 e. The maximum atomic E-state index is 12.7. The van der Waals surface area contributed by atoms with Crippen LogP contribution in [0.15, 0.2) is 34.0 Å². The van der Waals surface area contributed by atoms with Crippen LogP contribution in [-0.4, -0.2) is 38.3 Å². The lowest BCUT2D eigenvalue weighted by atomic mass is 10.1. The second kappa shape index (κ2) is 7.90. The highest BCUT2D eigenvalue weighted by atomic mass is 16.5. The first-order valence-corrected chi connectivity index (χ1v) is 10.0. The van der Waals surface area contributed by atoms with Crippen LogP contribution in [0.1, 0.15) is 25.2 Å². The maximum Gasteiger partial charge on any atom is 0.332 e. The van der Waals surface area contributed by atoms with Gasteiger partial charge in [-0.1, -0.05) is 13.8 Å². The van der Waals surface area contributed by atoms with Gasteiger partial charge in [-0.05, 0) is 23.6 Å². The number of hydrogen-bond donors (Lipinski definition) is 1. The van der Waals surface area contributed by atoms with E-state index in [0.717, 1.165) is 21.0 Å². The number of benzene rings is 1. The van der Waals surface area contributed by atoms with Crippen LogP contribution >= 0.6 is 0 Å². The first-order valence-electron chi connectivity index (χ1n) is 10.0. The number of hydrogen-bond acceptors (Lipinski definition) is 6. The van der Waals surface area contributed by atoms with Crippen molar-refractivity contribution in [1.82, 2.24) is 24.1 Å². The summed E-state index contributed by atoms with van der Waals surface area (Å²) < 4.78 is 13.5. The van der Waals surface area contributed by atoms with E-state index in [1.54, 1.807) is 25.0 Å². The van der Waals surface area contributed by atoms with Crippen LogP contribution in [0.5, 0.6) is 11.5 Å². The third-order valence-electron chi connectivity index (χ3n) is 5.27. The lowest BCUT2D eigenvalue weighted by molar-refractivity contribution is 0.356. The van der Waals surface area contributed by atoms with Gasteiger partial charge in [0.15, 0.2) is 17.1 Å². The highest BCUT2D eigenvalue weighted by Gasteiger charge is 2.17. The van der Waals surface area contributed by atoms with Gasteiger partial charge in [0.25, 0.3) is 5.56 Å². The predicted molar refractivity (Wildman–Crippen MR) is 118 cm³/mol. The molecule has 0 aliphatic heterocycles. The summed E-state index contributed by atoms with van der Waals surface area (Å²) >= 11 is 0. The zero-order chi connectivity index (χ0) is 22.3. The largest absolute Gasteiger partial charge is 0.493 e. The molecule has 0 fully saturated rings. The van der Waals surface area contributed by atoms with E-state index in [1.807, 2.05) is 32.0 Å². The summed E-state index contributed by atoms with van der Waals surface area (Å²) in [4.78, 5) is 37.5. The van der Waals surface area contributed by atoms with Gasteiger partial charge in [0.05, 0.1) is 19.7 Å². The van der Waals surface area contributed by atoms with Gasteiger partial charge < -0.3 is 14.5 Å². The van der Waals surface area contributed by atoms with Crippen molar-refractivity contribution < 1.29 is 9.47 Å². The molecule has 9 nitrogen and oxygen atoms in total. The molecule has 3 heterocycles.